The van der Waals surface area contributed by atoms with Gasteiger partial charge in [-0.05, 0) is 0 Å². The summed E-state index contributed by atoms with van der Waals surface area (Å²) in [5.74, 6) is 0.876. The van der Waals surface area contributed by atoms with Crippen molar-refractivity contribution in [2.24, 2.45) is 0 Å². The minimum absolute atomic E-state index is 0. The van der Waals surface area contributed by atoms with Crippen LogP contribution in [-0.2, 0) is 40.5 Å². The van der Waals surface area contributed by atoms with E-state index in [2.05, 4.69) is 175 Å². The van der Waals surface area contributed by atoms with E-state index in [0.29, 0.717) is 11.8 Å². The Kier molecular flexibility index (Phi) is 16.8. The van der Waals surface area contributed by atoms with Crippen LogP contribution in [-0.4, -0.2) is 3.21 Å². The Morgan fingerprint density at radius 2 is 1.15 bits per heavy atom. The van der Waals surface area contributed by atoms with Crippen LogP contribution >= 0.6 is 23.2 Å². The van der Waals surface area contributed by atoms with Crippen molar-refractivity contribution in [3.05, 3.63) is 191 Å². The van der Waals surface area contributed by atoms with Crippen LogP contribution in [0.2, 0.25) is 10.0 Å². The van der Waals surface area contributed by atoms with Crippen LogP contribution in [0.1, 0.15) is 116 Å². The van der Waals surface area contributed by atoms with E-state index in [9.17, 15) is 0 Å². The van der Waals surface area contributed by atoms with Crippen molar-refractivity contribution in [3.8, 4) is 33.4 Å². The van der Waals surface area contributed by atoms with Crippen LogP contribution in [0.5, 0.6) is 0 Å². The second-order valence-electron chi connectivity index (χ2n) is 17.4. The molecule has 2 aliphatic rings. The second kappa shape index (κ2) is 21.6. The van der Waals surface area contributed by atoms with Crippen molar-refractivity contribution in [1.29, 1.82) is 0 Å². The maximum Gasteiger partial charge on any atom is -1.00 e. The Labute approximate surface area is 401 Å². The molecule has 0 amide bonds. The molecule has 0 heterocycles. The quantitative estimate of drug-likeness (QED) is 0.102. The van der Waals surface area contributed by atoms with Gasteiger partial charge in [-0.15, -0.1) is 0 Å². The van der Waals surface area contributed by atoms with Crippen molar-refractivity contribution in [1.82, 2.24) is 0 Å². The van der Waals surface area contributed by atoms with Crippen LogP contribution in [0.3, 0.4) is 0 Å². The number of allylic oxidation sites excluding steroid dienone is 4. The third kappa shape index (κ3) is 10.1. The molecule has 0 radical (unpaired) electrons. The van der Waals surface area contributed by atoms with Gasteiger partial charge in [0.25, 0.3) is 0 Å². The summed E-state index contributed by atoms with van der Waals surface area (Å²) in [7, 11) is 0. The molecule has 0 N–H and O–H groups in total. The van der Waals surface area contributed by atoms with Gasteiger partial charge in [0.1, 0.15) is 0 Å². The van der Waals surface area contributed by atoms with Gasteiger partial charge in [0.2, 0.25) is 0 Å². The summed E-state index contributed by atoms with van der Waals surface area (Å²) < 4.78 is 5.07. The fraction of sp³-hybridized carbons (Fsp3) is 0.281. The van der Waals surface area contributed by atoms with Crippen LogP contribution in [0.25, 0.3) is 33.4 Å². The van der Waals surface area contributed by atoms with Crippen LogP contribution in [0.15, 0.2) is 137 Å². The largest absolute Gasteiger partial charge is 1.00 e. The molecule has 0 aliphatic heterocycles. The van der Waals surface area contributed by atoms with Gasteiger partial charge >= 0.3 is 380 Å². The van der Waals surface area contributed by atoms with E-state index < -0.39 is 21.3 Å². The first kappa shape index (κ1) is 48.2. The van der Waals surface area contributed by atoms with Gasteiger partial charge < -0.3 is 24.8 Å². The van der Waals surface area contributed by atoms with Gasteiger partial charge in [-0.2, -0.15) is 0 Å². The zero-order valence-corrected chi connectivity index (χ0v) is 42.5. The van der Waals surface area contributed by atoms with E-state index in [1.54, 1.807) is 15.3 Å². The minimum atomic E-state index is -3.00. The number of hydrogen-bond acceptors (Lipinski definition) is 0. The third-order valence-electron chi connectivity index (χ3n) is 13.1. The number of halogens is 4. The summed E-state index contributed by atoms with van der Waals surface area (Å²) in [4.78, 5) is 0. The second-order valence-corrected chi connectivity index (χ2v) is 24.7. The maximum absolute atomic E-state index is 6.52. The molecule has 0 bridgehead atoms. The third-order valence-corrected chi connectivity index (χ3v) is 21.3. The van der Waals surface area contributed by atoms with Crippen molar-refractivity contribution in [2.45, 2.75) is 105 Å². The van der Waals surface area contributed by atoms with Gasteiger partial charge in [0, 0.05) is 0 Å². The summed E-state index contributed by atoms with van der Waals surface area (Å²) in [6, 6.07) is 43.4. The van der Waals surface area contributed by atoms with E-state index in [-0.39, 0.29) is 24.8 Å². The molecule has 0 fully saturated rings. The van der Waals surface area contributed by atoms with Gasteiger partial charge in [-0.3, -0.25) is 0 Å². The molecule has 0 saturated carbocycles. The molecule has 6 aromatic rings. The Morgan fingerprint density at radius 3 is 1.68 bits per heavy atom. The average molecular weight is 976 g/mol. The molecule has 6 aromatic carbocycles. The van der Waals surface area contributed by atoms with E-state index in [0.717, 1.165) is 48.6 Å². The molecular weight excluding hydrogens is 918 g/mol. The van der Waals surface area contributed by atoms with Crippen molar-refractivity contribution >= 4 is 29.7 Å². The Morgan fingerprint density at radius 1 is 0.613 bits per heavy atom. The summed E-state index contributed by atoms with van der Waals surface area (Å²) in [6.45, 7) is 14.2. The molecule has 2 unspecified atom stereocenters. The number of fused-ring (bicyclic) bond motifs is 3. The fourth-order valence-electron chi connectivity index (χ4n) is 10.1. The molecule has 318 valence electrons. The number of benzene rings is 6. The SMILES string of the molecule is CCCC(C)c1cc2c(cc1-c1ccccc1C)Cc1c-2cc(C(C)CCC)c(-c2ccccc2C)[c]1[Zr+2]([C]1=CC=CC1)=[C](Cc1ccc(Cl)cc1)Cc1ccc(Cl)cc1.[Cl-].[Cl-]. The first-order valence-corrected chi connectivity index (χ1v) is 26.7. The molecule has 0 nitrogen and oxygen atoms in total. The van der Waals surface area contributed by atoms with E-state index in [4.69, 9.17) is 23.2 Å². The summed E-state index contributed by atoms with van der Waals surface area (Å²) in [5, 5.41) is 1.57. The Balaban J connectivity index is 0.00000321. The van der Waals surface area contributed by atoms with Gasteiger partial charge in [-0.1, -0.05) is 0 Å². The normalized spacial score (nSPS) is 13.2. The minimum Gasteiger partial charge on any atom is -1.00 e. The molecule has 0 aromatic heterocycles. The van der Waals surface area contributed by atoms with Crippen molar-refractivity contribution in [3.63, 3.8) is 0 Å². The molecule has 2 aliphatic carbocycles. The van der Waals surface area contributed by atoms with Crippen molar-refractivity contribution < 1.29 is 46.1 Å². The average Bonchev–Trinajstić information content (AvgIpc) is 3.91. The predicted octanol–water partition coefficient (Wildman–Crippen LogP) is 10.1. The molecule has 0 saturated heterocycles. The molecule has 5 heteroatoms. The van der Waals surface area contributed by atoms with Crippen LogP contribution in [0, 0.1) is 13.8 Å². The van der Waals surface area contributed by atoms with E-state index in [1.165, 1.54) is 85.2 Å². The molecule has 62 heavy (non-hydrogen) atoms. The van der Waals surface area contributed by atoms with E-state index >= 15 is 0 Å². The monoisotopic (exact) mass is 972 g/mol. The standard InChI is InChI=1S/C37H41.C15H12Cl2.C5H5.2ClH.Zr/c1-7-13-24(3)32-22-34-28(20-36(32)30-17-11-9-15-26(30)5)19-29-21-37(31-18-12-10-16-27(31)6)33(23-35(29)34)25(4)14-8-2;16-14-8-4-12(5-9-14)2-1-3-13-6-10-15(17)11-7-13;1-2-4-5-3-1;;;/h9-12,15-18,20,22-25H,7-8,13-14,19H2,1-6H3;4-11H,2-3H2;1-3H,4H2;2*1H;/q;;;;;+2/p-2. The zero-order chi connectivity index (χ0) is 41.9. The predicted molar refractivity (Wildman–Crippen MR) is 258 cm³/mol. The van der Waals surface area contributed by atoms with Crippen LogP contribution < -0.4 is 28.1 Å². The van der Waals surface area contributed by atoms with Gasteiger partial charge in [-0.25, -0.2) is 0 Å². The fourth-order valence-corrected chi connectivity index (χ4v) is 19.0. The number of aryl methyl sites for hydroxylation is 2. The molecule has 0 spiro atoms. The topological polar surface area (TPSA) is 0 Å². The Bertz CT molecular complexity index is 2580. The first-order valence-electron chi connectivity index (χ1n) is 22.2. The summed E-state index contributed by atoms with van der Waals surface area (Å²) in [6.07, 6.45) is 15.8. The number of hydrogen-bond donors (Lipinski definition) is 0. The summed E-state index contributed by atoms with van der Waals surface area (Å²) >= 11 is 10.0. The van der Waals surface area contributed by atoms with Gasteiger partial charge in [0.05, 0.1) is 0 Å². The summed E-state index contributed by atoms with van der Waals surface area (Å²) in [5.41, 5.74) is 20.1. The maximum atomic E-state index is 6.52. The van der Waals surface area contributed by atoms with E-state index in [1.807, 2.05) is 0 Å². The first-order chi connectivity index (χ1) is 29.1. The molecule has 2 atom stereocenters. The smallest absolute Gasteiger partial charge is 1.00 e. The zero-order valence-electron chi connectivity index (χ0n) is 37.0. The molecular formula is C57H58Cl4Zr. The number of rotatable bonds is 14. The molecule has 8 rings (SSSR count). The van der Waals surface area contributed by atoms with Gasteiger partial charge in [0.15, 0.2) is 0 Å². The van der Waals surface area contributed by atoms with Crippen LogP contribution in [0.4, 0.5) is 0 Å². The van der Waals surface area contributed by atoms with Crippen molar-refractivity contribution in [2.75, 3.05) is 0 Å². The Hall–Kier alpha value is -3.29.